The number of aromatic amines is 1. The van der Waals surface area contributed by atoms with Crippen molar-refractivity contribution in [1.82, 2.24) is 19.5 Å². The Bertz CT molecular complexity index is 1070. The molecule has 0 aliphatic carbocycles. The van der Waals surface area contributed by atoms with Crippen molar-refractivity contribution in [3.05, 3.63) is 48.3 Å². The number of rotatable bonds is 5. The van der Waals surface area contributed by atoms with Gasteiger partial charge in [-0.2, -0.15) is 16.1 Å². The molecule has 1 fully saturated rings. The van der Waals surface area contributed by atoms with Crippen LogP contribution in [-0.2, 0) is 10.0 Å². The van der Waals surface area contributed by atoms with Crippen LogP contribution in [0.5, 0.6) is 0 Å². The number of carbonyl (C=O) groups is 1. The molecule has 0 bridgehead atoms. The van der Waals surface area contributed by atoms with Crippen molar-refractivity contribution in [1.29, 1.82) is 0 Å². The number of sulfonamides is 1. The van der Waals surface area contributed by atoms with Crippen molar-refractivity contribution in [2.24, 2.45) is 0 Å². The van der Waals surface area contributed by atoms with Gasteiger partial charge < -0.3 is 4.98 Å². The number of carbonyl (C=O) groups excluding carboxylic acids is 1. The van der Waals surface area contributed by atoms with Crippen LogP contribution in [0.4, 0.5) is 5.13 Å². The zero-order valence-electron chi connectivity index (χ0n) is 14.7. The van der Waals surface area contributed by atoms with E-state index in [0.29, 0.717) is 23.2 Å². The third kappa shape index (κ3) is 3.97. The maximum absolute atomic E-state index is 12.7. The molecular formula is C17H17N5O3S3. The Morgan fingerprint density at radius 2 is 1.89 bits per heavy atom. The predicted molar refractivity (Wildman–Crippen MR) is 110 cm³/mol. The molecule has 0 spiro atoms. The quantitative estimate of drug-likeness (QED) is 0.638. The number of nitrogens with zero attached hydrogens (tertiary/aromatic N) is 3. The second-order valence-electron chi connectivity index (χ2n) is 6.00. The Morgan fingerprint density at radius 1 is 1.14 bits per heavy atom. The monoisotopic (exact) mass is 435 g/mol. The van der Waals surface area contributed by atoms with Gasteiger partial charge in [0.15, 0.2) is 0 Å². The molecule has 1 saturated heterocycles. The molecule has 3 heterocycles. The van der Waals surface area contributed by atoms with E-state index >= 15 is 0 Å². The van der Waals surface area contributed by atoms with Crippen molar-refractivity contribution in [3.63, 3.8) is 0 Å². The summed E-state index contributed by atoms with van der Waals surface area (Å²) in [7, 11) is -3.60. The van der Waals surface area contributed by atoms with Gasteiger partial charge in [0, 0.05) is 36.4 Å². The summed E-state index contributed by atoms with van der Waals surface area (Å²) in [6.07, 6.45) is 1.35. The average Bonchev–Trinajstić information content (AvgIpc) is 3.40. The number of benzene rings is 1. The first-order valence-corrected chi connectivity index (χ1v) is 11.9. The van der Waals surface area contributed by atoms with Crippen LogP contribution in [0.1, 0.15) is 10.5 Å². The molecule has 1 aromatic carbocycles. The van der Waals surface area contributed by atoms with Crippen LogP contribution in [0.3, 0.4) is 0 Å². The molecule has 4 rings (SSSR count). The third-order valence-electron chi connectivity index (χ3n) is 4.18. The third-order valence-corrected chi connectivity index (χ3v) is 7.88. The SMILES string of the molecule is O=C(Nc1nnc(-c2ccccc2)s1)c1cc(S(=O)(=O)N2CCSCC2)c[nH]1. The molecule has 1 amide bonds. The molecule has 11 heteroatoms. The van der Waals surface area contributed by atoms with Gasteiger partial charge in [-0.25, -0.2) is 8.42 Å². The van der Waals surface area contributed by atoms with Gasteiger partial charge in [0.1, 0.15) is 15.6 Å². The lowest BCUT2D eigenvalue weighted by Crippen LogP contribution is -2.37. The minimum absolute atomic E-state index is 0.0896. The summed E-state index contributed by atoms with van der Waals surface area (Å²) in [5, 5.41) is 11.7. The number of hydrogen-bond donors (Lipinski definition) is 2. The first-order valence-electron chi connectivity index (χ1n) is 8.50. The van der Waals surface area contributed by atoms with E-state index in [-0.39, 0.29) is 10.6 Å². The van der Waals surface area contributed by atoms with E-state index in [1.54, 1.807) is 11.8 Å². The summed E-state index contributed by atoms with van der Waals surface area (Å²) in [4.78, 5) is 15.3. The summed E-state index contributed by atoms with van der Waals surface area (Å²) in [6.45, 7) is 0.958. The smallest absolute Gasteiger partial charge is 0.273 e. The average molecular weight is 436 g/mol. The predicted octanol–water partition coefficient (Wildman–Crippen LogP) is 2.52. The van der Waals surface area contributed by atoms with Crippen LogP contribution in [0.25, 0.3) is 10.6 Å². The van der Waals surface area contributed by atoms with Gasteiger partial charge in [-0.3, -0.25) is 10.1 Å². The fourth-order valence-corrected chi connectivity index (χ4v) is 6.04. The zero-order valence-corrected chi connectivity index (χ0v) is 17.1. The highest BCUT2D eigenvalue weighted by atomic mass is 32.2. The molecule has 3 aromatic rings. The molecule has 1 aliphatic heterocycles. The number of H-pyrrole nitrogens is 1. The van der Waals surface area contributed by atoms with Gasteiger partial charge in [0.2, 0.25) is 15.2 Å². The minimum Gasteiger partial charge on any atom is -0.356 e. The number of hydrogen-bond acceptors (Lipinski definition) is 7. The van der Waals surface area contributed by atoms with Crippen LogP contribution in [0.15, 0.2) is 47.5 Å². The number of thioether (sulfide) groups is 1. The maximum atomic E-state index is 12.7. The molecule has 28 heavy (non-hydrogen) atoms. The Hall–Kier alpha value is -2.21. The van der Waals surface area contributed by atoms with Gasteiger partial charge >= 0.3 is 0 Å². The normalized spacial score (nSPS) is 15.4. The lowest BCUT2D eigenvalue weighted by atomic mass is 10.2. The van der Waals surface area contributed by atoms with Crippen molar-refractivity contribution < 1.29 is 13.2 Å². The van der Waals surface area contributed by atoms with Crippen LogP contribution < -0.4 is 5.32 Å². The Kier molecular flexibility index (Phi) is 5.49. The second kappa shape index (κ2) is 8.03. The molecule has 0 unspecified atom stereocenters. The van der Waals surface area contributed by atoms with E-state index in [1.807, 2.05) is 30.3 Å². The van der Waals surface area contributed by atoms with E-state index in [2.05, 4.69) is 20.5 Å². The van der Waals surface area contributed by atoms with E-state index in [4.69, 9.17) is 0 Å². The topological polar surface area (TPSA) is 108 Å². The second-order valence-corrected chi connectivity index (χ2v) is 10.1. The summed E-state index contributed by atoms with van der Waals surface area (Å²) in [5.74, 6) is 1.08. The van der Waals surface area contributed by atoms with Crippen LogP contribution in [-0.4, -0.2) is 58.4 Å². The van der Waals surface area contributed by atoms with Crippen molar-refractivity contribution >= 4 is 44.2 Å². The first-order chi connectivity index (χ1) is 13.5. The van der Waals surface area contributed by atoms with Gasteiger partial charge in [0.25, 0.3) is 5.91 Å². The molecule has 0 radical (unpaired) electrons. The Labute approximate surface area is 170 Å². The highest BCUT2D eigenvalue weighted by Crippen LogP contribution is 2.26. The first kappa shape index (κ1) is 19.1. The molecule has 146 valence electrons. The van der Waals surface area contributed by atoms with E-state index in [0.717, 1.165) is 17.1 Å². The van der Waals surface area contributed by atoms with Gasteiger partial charge in [-0.15, -0.1) is 10.2 Å². The largest absolute Gasteiger partial charge is 0.356 e. The van der Waals surface area contributed by atoms with E-state index < -0.39 is 15.9 Å². The summed E-state index contributed by atoms with van der Waals surface area (Å²) in [5.41, 5.74) is 1.06. The molecule has 0 atom stereocenters. The molecule has 2 N–H and O–H groups in total. The molecule has 2 aromatic heterocycles. The fourth-order valence-electron chi connectivity index (χ4n) is 2.73. The van der Waals surface area contributed by atoms with Gasteiger partial charge in [-0.1, -0.05) is 41.7 Å². The number of anilines is 1. The van der Waals surface area contributed by atoms with Gasteiger partial charge in [0.05, 0.1) is 0 Å². The minimum atomic E-state index is -3.60. The van der Waals surface area contributed by atoms with Crippen LogP contribution >= 0.6 is 23.1 Å². The van der Waals surface area contributed by atoms with Crippen molar-refractivity contribution in [3.8, 4) is 10.6 Å². The zero-order chi connectivity index (χ0) is 19.6. The maximum Gasteiger partial charge on any atom is 0.273 e. The van der Waals surface area contributed by atoms with Crippen LogP contribution in [0, 0.1) is 0 Å². The van der Waals surface area contributed by atoms with Crippen molar-refractivity contribution in [2.75, 3.05) is 29.9 Å². The van der Waals surface area contributed by atoms with Crippen molar-refractivity contribution in [2.45, 2.75) is 4.90 Å². The molecular weight excluding hydrogens is 418 g/mol. The lowest BCUT2D eigenvalue weighted by Gasteiger charge is -2.24. The lowest BCUT2D eigenvalue weighted by molar-refractivity contribution is 0.102. The summed E-state index contributed by atoms with van der Waals surface area (Å²) >= 11 is 2.98. The van der Waals surface area contributed by atoms with Crippen LogP contribution in [0.2, 0.25) is 0 Å². The fraction of sp³-hybridized carbons (Fsp3) is 0.235. The standard InChI is InChI=1S/C17H17N5O3S3/c23-15(19-17-21-20-16(27-17)12-4-2-1-3-5-12)14-10-13(11-18-14)28(24,25)22-6-8-26-9-7-22/h1-5,10-11,18H,6-9H2,(H,19,21,23). The highest BCUT2D eigenvalue weighted by molar-refractivity contribution is 7.99. The molecule has 1 aliphatic rings. The molecule has 0 saturated carbocycles. The number of nitrogens with one attached hydrogen (secondary N) is 2. The summed E-state index contributed by atoms with van der Waals surface area (Å²) < 4.78 is 26.8. The highest BCUT2D eigenvalue weighted by Gasteiger charge is 2.28. The van der Waals surface area contributed by atoms with Gasteiger partial charge in [-0.05, 0) is 6.07 Å². The Morgan fingerprint density at radius 3 is 2.64 bits per heavy atom. The van der Waals surface area contributed by atoms with E-state index in [1.165, 1.54) is 27.9 Å². The molecule has 8 nitrogen and oxygen atoms in total. The number of amides is 1. The number of aromatic nitrogens is 3. The summed E-state index contributed by atoms with van der Waals surface area (Å²) in [6, 6.07) is 10.9. The van der Waals surface area contributed by atoms with E-state index in [9.17, 15) is 13.2 Å². The Balaban J connectivity index is 1.47.